The van der Waals surface area contributed by atoms with Crippen molar-refractivity contribution in [2.45, 2.75) is 13.0 Å². The van der Waals surface area contributed by atoms with Gasteiger partial charge in [-0.2, -0.15) is 0 Å². The molecular weight excluding hydrogens is 210 g/mol. The first-order valence-electron chi connectivity index (χ1n) is 5.88. The normalized spacial score (nSPS) is 15.6. The molecule has 2 aromatic rings. The minimum Gasteiger partial charge on any atom is -0.302 e. The highest BCUT2D eigenvalue weighted by Crippen LogP contribution is 2.24. The molecule has 3 nitrogen and oxygen atoms in total. The summed E-state index contributed by atoms with van der Waals surface area (Å²) >= 11 is 0. The topological polar surface area (TPSA) is 29.0 Å². The summed E-state index contributed by atoms with van der Waals surface area (Å²) in [6.07, 6.45) is 6.43. The van der Waals surface area contributed by atoms with E-state index < -0.39 is 0 Å². The van der Waals surface area contributed by atoms with Crippen LogP contribution in [0.15, 0.2) is 36.9 Å². The zero-order chi connectivity index (χ0) is 11.7. The summed E-state index contributed by atoms with van der Waals surface area (Å²) < 4.78 is 0. The molecule has 0 N–H and O–H groups in total. The third-order valence-corrected chi connectivity index (χ3v) is 3.30. The minimum atomic E-state index is 1.06. The fourth-order valence-corrected chi connectivity index (χ4v) is 2.32. The lowest BCUT2D eigenvalue weighted by molar-refractivity contribution is 0.313. The third-order valence-electron chi connectivity index (χ3n) is 3.30. The van der Waals surface area contributed by atoms with E-state index in [1.165, 1.54) is 16.7 Å². The molecule has 0 saturated carbocycles. The third kappa shape index (κ3) is 2.06. The molecule has 0 atom stereocenters. The molecule has 86 valence electrons. The first-order chi connectivity index (χ1) is 8.33. The molecule has 0 unspecified atom stereocenters. The first-order valence-corrected chi connectivity index (χ1v) is 5.88. The number of fused-ring (bicyclic) bond motifs is 1. The molecule has 17 heavy (non-hydrogen) atoms. The number of likely N-dealkylation sites (N-methyl/N-ethyl adjacent to an activating group) is 1. The molecule has 3 rings (SSSR count). The average molecular weight is 225 g/mol. The summed E-state index contributed by atoms with van der Waals surface area (Å²) in [5, 5.41) is 0. The van der Waals surface area contributed by atoms with Crippen molar-refractivity contribution < 1.29 is 0 Å². The van der Waals surface area contributed by atoms with Crippen LogP contribution in [0, 0.1) is 0 Å². The highest BCUT2D eigenvalue weighted by molar-refractivity contribution is 5.63. The summed E-state index contributed by atoms with van der Waals surface area (Å²) in [7, 11) is 2.17. The van der Waals surface area contributed by atoms with Crippen molar-refractivity contribution >= 4 is 0 Å². The molecule has 1 aliphatic heterocycles. The number of aromatic nitrogens is 2. The van der Waals surface area contributed by atoms with Gasteiger partial charge in [0, 0.05) is 31.0 Å². The van der Waals surface area contributed by atoms with Crippen molar-refractivity contribution in [1.82, 2.24) is 14.9 Å². The average Bonchev–Trinajstić information content (AvgIpc) is 2.39. The Morgan fingerprint density at radius 2 is 1.88 bits per heavy atom. The van der Waals surface area contributed by atoms with Gasteiger partial charge >= 0.3 is 0 Å². The summed E-state index contributed by atoms with van der Waals surface area (Å²) in [5.74, 6) is 0. The zero-order valence-electron chi connectivity index (χ0n) is 9.93. The van der Waals surface area contributed by atoms with Gasteiger partial charge in [0.15, 0.2) is 0 Å². The Kier molecular flexibility index (Phi) is 2.61. The van der Waals surface area contributed by atoms with Crippen LogP contribution in [0.4, 0.5) is 0 Å². The summed E-state index contributed by atoms with van der Waals surface area (Å²) in [4.78, 5) is 10.5. The van der Waals surface area contributed by atoms with Crippen LogP contribution in [0.1, 0.15) is 11.1 Å². The fourth-order valence-electron chi connectivity index (χ4n) is 2.32. The van der Waals surface area contributed by atoms with Gasteiger partial charge in [-0.15, -0.1) is 0 Å². The van der Waals surface area contributed by atoms with E-state index in [-0.39, 0.29) is 0 Å². The van der Waals surface area contributed by atoms with E-state index in [1.807, 2.05) is 12.4 Å². The largest absolute Gasteiger partial charge is 0.302 e. The molecule has 0 spiro atoms. The van der Waals surface area contributed by atoms with Gasteiger partial charge in [-0.1, -0.05) is 18.2 Å². The minimum absolute atomic E-state index is 1.06. The Morgan fingerprint density at radius 1 is 1.06 bits per heavy atom. The van der Waals surface area contributed by atoms with Crippen molar-refractivity contribution in [2.75, 3.05) is 13.6 Å². The Balaban J connectivity index is 1.99. The number of nitrogens with zero attached hydrogens (tertiary/aromatic N) is 3. The van der Waals surface area contributed by atoms with Gasteiger partial charge in [0.2, 0.25) is 0 Å². The van der Waals surface area contributed by atoms with Crippen LogP contribution in [0.5, 0.6) is 0 Å². The second kappa shape index (κ2) is 4.26. The van der Waals surface area contributed by atoms with Crippen LogP contribution in [0.25, 0.3) is 11.1 Å². The van der Waals surface area contributed by atoms with Crippen molar-refractivity contribution in [3.8, 4) is 11.1 Å². The second-order valence-electron chi connectivity index (χ2n) is 4.60. The van der Waals surface area contributed by atoms with Gasteiger partial charge in [-0.05, 0) is 30.2 Å². The van der Waals surface area contributed by atoms with E-state index in [1.54, 1.807) is 6.33 Å². The van der Waals surface area contributed by atoms with Crippen molar-refractivity contribution in [3.05, 3.63) is 48.0 Å². The molecule has 0 aliphatic carbocycles. The Labute approximate surface area is 101 Å². The number of rotatable bonds is 1. The van der Waals surface area contributed by atoms with E-state index in [0.29, 0.717) is 0 Å². The van der Waals surface area contributed by atoms with Crippen molar-refractivity contribution in [2.24, 2.45) is 0 Å². The molecular formula is C14H15N3. The lowest BCUT2D eigenvalue weighted by atomic mass is 9.96. The van der Waals surface area contributed by atoms with Gasteiger partial charge in [0.25, 0.3) is 0 Å². The van der Waals surface area contributed by atoms with Crippen LogP contribution in [-0.4, -0.2) is 28.5 Å². The maximum atomic E-state index is 4.07. The van der Waals surface area contributed by atoms with Crippen molar-refractivity contribution in [3.63, 3.8) is 0 Å². The Bertz CT molecular complexity index is 522. The molecule has 0 amide bonds. The molecule has 1 aromatic carbocycles. The smallest absolute Gasteiger partial charge is 0.115 e. The molecule has 0 radical (unpaired) electrons. The lowest BCUT2D eigenvalue weighted by Crippen LogP contribution is -2.26. The Hall–Kier alpha value is -1.74. The number of hydrogen-bond acceptors (Lipinski definition) is 3. The van der Waals surface area contributed by atoms with E-state index in [9.17, 15) is 0 Å². The molecule has 3 heteroatoms. The quantitative estimate of drug-likeness (QED) is 0.744. The van der Waals surface area contributed by atoms with Crippen LogP contribution < -0.4 is 0 Å². The van der Waals surface area contributed by atoms with E-state index in [4.69, 9.17) is 0 Å². The maximum absolute atomic E-state index is 4.07. The molecule has 1 aromatic heterocycles. The molecule has 1 aliphatic rings. The zero-order valence-corrected chi connectivity index (χ0v) is 9.93. The predicted molar refractivity (Wildman–Crippen MR) is 67.5 cm³/mol. The van der Waals surface area contributed by atoms with Gasteiger partial charge < -0.3 is 4.90 Å². The lowest BCUT2D eigenvalue weighted by Gasteiger charge is -2.25. The van der Waals surface area contributed by atoms with Crippen LogP contribution >= 0.6 is 0 Å². The van der Waals surface area contributed by atoms with Crippen molar-refractivity contribution in [1.29, 1.82) is 0 Å². The van der Waals surface area contributed by atoms with E-state index in [2.05, 4.69) is 40.1 Å². The van der Waals surface area contributed by atoms with Gasteiger partial charge in [-0.25, -0.2) is 9.97 Å². The van der Waals surface area contributed by atoms with Crippen LogP contribution in [-0.2, 0) is 13.0 Å². The monoisotopic (exact) mass is 225 g/mol. The van der Waals surface area contributed by atoms with Crippen LogP contribution in [0.2, 0.25) is 0 Å². The first kappa shape index (κ1) is 10.4. The Morgan fingerprint density at radius 3 is 2.71 bits per heavy atom. The SMILES string of the molecule is CN1CCc2cc(-c3cncnc3)ccc2C1. The summed E-state index contributed by atoms with van der Waals surface area (Å²) in [6.45, 7) is 2.20. The summed E-state index contributed by atoms with van der Waals surface area (Å²) in [5.41, 5.74) is 5.21. The van der Waals surface area contributed by atoms with Crippen LogP contribution in [0.3, 0.4) is 0 Å². The second-order valence-corrected chi connectivity index (χ2v) is 4.60. The molecule has 0 fully saturated rings. The van der Waals surface area contributed by atoms with Gasteiger partial charge in [0.05, 0.1) is 0 Å². The predicted octanol–water partition coefficient (Wildman–Crippen LogP) is 2.13. The van der Waals surface area contributed by atoms with Gasteiger partial charge in [-0.3, -0.25) is 0 Å². The standard InChI is InChI=1S/C14H15N3/c1-17-5-4-12-6-11(2-3-13(12)9-17)14-7-15-10-16-8-14/h2-3,6-8,10H,4-5,9H2,1H3. The highest BCUT2D eigenvalue weighted by atomic mass is 15.1. The number of hydrogen-bond donors (Lipinski definition) is 0. The summed E-state index contributed by atoms with van der Waals surface area (Å²) in [6, 6.07) is 6.67. The molecule has 0 bridgehead atoms. The maximum Gasteiger partial charge on any atom is 0.115 e. The van der Waals surface area contributed by atoms with E-state index in [0.717, 1.165) is 25.1 Å². The number of benzene rings is 1. The van der Waals surface area contributed by atoms with E-state index >= 15 is 0 Å². The van der Waals surface area contributed by atoms with Gasteiger partial charge in [0.1, 0.15) is 6.33 Å². The molecule has 0 saturated heterocycles. The molecule has 2 heterocycles. The highest BCUT2D eigenvalue weighted by Gasteiger charge is 2.13. The fraction of sp³-hybridized carbons (Fsp3) is 0.286.